The maximum Gasteiger partial charge on any atom is 0.312 e. The van der Waals surface area contributed by atoms with Crippen LogP contribution >= 0.6 is 11.6 Å². The number of nitrogens with zero attached hydrogens (tertiary/aromatic N) is 1. The van der Waals surface area contributed by atoms with Crippen LogP contribution in [0.3, 0.4) is 0 Å². The molecule has 7 nitrogen and oxygen atoms in total. The minimum atomic E-state index is -0.651. The molecule has 0 unspecified atom stereocenters. The van der Waals surface area contributed by atoms with E-state index in [4.69, 9.17) is 22.2 Å². The smallest absolute Gasteiger partial charge is 0.312 e. The van der Waals surface area contributed by atoms with Gasteiger partial charge in [0.25, 0.3) is 5.91 Å². The van der Waals surface area contributed by atoms with E-state index in [9.17, 15) is 14.9 Å². The van der Waals surface area contributed by atoms with Gasteiger partial charge < -0.3 is 4.74 Å². The zero-order chi connectivity index (χ0) is 12.1. The van der Waals surface area contributed by atoms with Gasteiger partial charge in [-0.15, -0.1) is 0 Å². The minimum Gasteiger partial charge on any atom is -0.477 e. The van der Waals surface area contributed by atoms with Crippen LogP contribution in [0, 0.1) is 10.1 Å². The number of hydrogen-bond donors (Lipinski definition) is 2. The van der Waals surface area contributed by atoms with E-state index in [-0.39, 0.29) is 16.5 Å². The average Bonchev–Trinajstić information content (AvgIpc) is 2.26. The molecule has 0 heterocycles. The van der Waals surface area contributed by atoms with Crippen LogP contribution in [-0.4, -0.2) is 17.4 Å². The van der Waals surface area contributed by atoms with E-state index in [0.29, 0.717) is 0 Å². The fraction of sp³-hybridized carbons (Fsp3) is 0.125. The number of amides is 1. The number of halogens is 1. The number of hydrazine groups is 1. The van der Waals surface area contributed by atoms with Crippen molar-refractivity contribution in [3.05, 3.63) is 33.3 Å². The van der Waals surface area contributed by atoms with Crippen molar-refractivity contribution in [2.45, 2.75) is 0 Å². The summed E-state index contributed by atoms with van der Waals surface area (Å²) in [5.41, 5.74) is 1.53. The molecule has 0 radical (unpaired) electrons. The number of rotatable bonds is 4. The maximum absolute atomic E-state index is 10.8. The molecule has 8 heteroatoms. The van der Waals surface area contributed by atoms with E-state index < -0.39 is 17.4 Å². The van der Waals surface area contributed by atoms with Crippen molar-refractivity contribution in [2.75, 3.05) is 6.61 Å². The first kappa shape index (κ1) is 12.2. The molecule has 1 amide bonds. The van der Waals surface area contributed by atoms with Crippen LogP contribution < -0.4 is 16.0 Å². The Balaban J connectivity index is 2.87. The van der Waals surface area contributed by atoms with Gasteiger partial charge in [-0.3, -0.25) is 20.3 Å². The second-order valence-corrected chi connectivity index (χ2v) is 3.16. The lowest BCUT2D eigenvalue weighted by Gasteiger charge is -2.05. The maximum atomic E-state index is 10.8. The summed E-state index contributed by atoms with van der Waals surface area (Å²) >= 11 is 5.59. The van der Waals surface area contributed by atoms with Crippen molar-refractivity contribution < 1.29 is 14.5 Å². The van der Waals surface area contributed by atoms with E-state index in [1.165, 1.54) is 12.1 Å². The lowest BCUT2D eigenvalue weighted by atomic mass is 10.3. The van der Waals surface area contributed by atoms with Crippen LogP contribution in [0.4, 0.5) is 5.69 Å². The third-order valence-corrected chi connectivity index (χ3v) is 1.87. The lowest BCUT2D eigenvalue weighted by molar-refractivity contribution is -0.385. The first-order valence-electron chi connectivity index (χ1n) is 4.10. The summed E-state index contributed by atoms with van der Waals surface area (Å²) in [6.07, 6.45) is 0. The quantitative estimate of drug-likeness (QED) is 0.350. The Morgan fingerprint density at radius 3 is 2.88 bits per heavy atom. The zero-order valence-electron chi connectivity index (χ0n) is 7.97. The lowest BCUT2D eigenvalue weighted by Crippen LogP contribution is -2.34. The molecular formula is C8H8ClN3O4. The predicted octanol–water partition coefficient (Wildman–Crippen LogP) is 0.617. The number of nitrogens with two attached hydrogens (primary N) is 1. The highest BCUT2D eigenvalue weighted by atomic mass is 35.5. The van der Waals surface area contributed by atoms with Crippen LogP contribution in [0.25, 0.3) is 0 Å². The monoisotopic (exact) mass is 245 g/mol. The van der Waals surface area contributed by atoms with E-state index in [1.54, 1.807) is 0 Å². The van der Waals surface area contributed by atoms with Gasteiger partial charge in [0, 0.05) is 11.1 Å². The van der Waals surface area contributed by atoms with Gasteiger partial charge in [0.1, 0.15) is 0 Å². The van der Waals surface area contributed by atoms with Crippen molar-refractivity contribution in [1.29, 1.82) is 0 Å². The number of carbonyl (C=O) groups excluding carboxylic acids is 1. The van der Waals surface area contributed by atoms with Crippen LogP contribution in [-0.2, 0) is 4.79 Å². The first-order chi connectivity index (χ1) is 7.54. The molecule has 0 bridgehead atoms. The van der Waals surface area contributed by atoms with Crippen LogP contribution in [0.2, 0.25) is 5.02 Å². The summed E-state index contributed by atoms with van der Waals surface area (Å²) in [5, 5.41) is 10.8. The van der Waals surface area contributed by atoms with Crippen molar-refractivity contribution in [3.8, 4) is 5.75 Å². The van der Waals surface area contributed by atoms with Crippen molar-refractivity contribution >= 4 is 23.2 Å². The Kier molecular flexibility index (Phi) is 4.03. The molecule has 1 aromatic rings. The topological polar surface area (TPSA) is 107 Å². The highest BCUT2D eigenvalue weighted by Crippen LogP contribution is 2.29. The molecule has 86 valence electrons. The molecule has 0 aromatic heterocycles. The van der Waals surface area contributed by atoms with Crippen LogP contribution in [0.5, 0.6) is 5.75 Å². The van der Waals surface area contributed by atoms with Crippen molar-refractivity contribution in [1.82, 2.24) is 5.43 Å². The molecule has 3 N–H and O–H groups in total. The minimum absolute atomic E-state index is 0.0435. The third kappa shape index (κ3) is 3.07. The van der Waals surface area contributed by atoms with Gasteiger partial charge in [0.15, 0.2) is 12.4 Å². The summed E-state index contributed by atoms with van der Waals surface area (Å²) in [6, 6.07) is 3.87. The van der Waals surface area contributed by atoms with Gasteiger partial charge >= 0.3 is 5.69 Å². The number of carbonyl (C=O) groups is 1. The molecule has 0 aliphatic carbocycles. The van der Waals surface area contributed by atoms with Crippen LogP contribution in [0.1, 0.15) is 0 Å². The number of benzene rings is 1. The van der Waals surface area contributed by atoms with E-state index in [2.05, 4.69) is 0 Å². The van der Waals surface area contributed by atoms with Gasteiger partial charge in [0.05, 0.1) is 4.92 Å². The van der Waals surface area contributed by atoms with Crippen molar-refractivity contribution in [3.63, 3.8) is 0 Å². The van der Waals surface area contributed by atoms with Gasteiger partial charge in [-0.1, -0.05) is 11.6 Å². The Morgan fingerprint density at radius 1 is 1.62 bits per heavy atom. The molecule has 0 fully saturated rings. The molecular weight excluding hydrogens is 238 g/mol. The zero-order valence-corrected chi connectivity index (χ0v) is 8.73. The van der Waals surface area contributed by atoms with E-state index in [0.717, 1.165) is 6.07 Å². The first-order valence-corrected chi connectivity index (χ1v) is 4.48. The molecule has 1 aromatic carbocycles. The summed E-state index contributed by atoms with van der Waals surface area (Å²) in [7, 11) is 0. The Hall–Kier alpha value is -1.86. The largest absolute Gasteiger partial charge is 0.477 e. The summed E-state index contributed by atoms with van der Waals surface area (Å²) in [6.45, 7) is -0.404. The normalized spacial score (nSPS) is 9.62. The van der Waals surface area contributed by atoms with E-state index in [1.807, 2.05) is 5.43 Å². The van der Waals surface area contributed by atoms with Crippen molar-refractivity contribution in [2.24, 2.45) is 5.84 Å². The SMILES string of the molecule is NNC(=O)COc1ccc(Cl)cc1[N+](=O)[O-]. The number of nitro groups is 1. The molecule has 0 atom stereocenters. The molecule has 0 saturated heterocycles. The molecule has 0 saturated carbocycles. The second-order valence-electron chi connectivity index (χ2n) is 2.73. The van der Waals surface area contributed by atoms with Gasteiger partial charge in [-0.05, 0) is 12.1 Å². The van der Waals surface area contributed by atoms with Gasteiger partial charge in [-0.25, -0.2) is 5.84 Å². The number of hydrogen-bond acceptors (Lipinski definition) is 5. The standard InChI is InChI=1S/C8H8ClN3O4/c9-5-1-2-7(6(3-5)12(14)15)16-4-8(13)11-10/h1-3H,4,10H2,(H,11,13). The Bertz CT molecular complexity index is 424. The number of ether oxygens (including phenoxy) is 1. The number of nitro benzene ring substituents is 1. The van der Waals surface area contributed by atoms with Gasteiger partial charge in [0.2, 0.25) is 0 Å². The highest BCUT2D eigenvalue weighted by Gasteiger charge is 2.16. The molecule has 16 heavy (non-hydrogen) atoms. The summed E-state index contributed by atoms with van der Waals surface area (Å²) in [4.78, 5) is 20.8. The third-order valence-electron chi connectivity index (χ3n) is 1.64. The fourth-order valence-electron chi connectivity index (χ4n) is 0.940. The second kappa shape index (κ2) is 5.29. The fourth-order valence-corrected chi connectivity index (χ4v) is 1.11. The summed E-state index contributed by atoms with van der Waals surface area (Å²) < 4.78 is 4.91. The molecule has 0 spiro atoms. The number of nitrogens with one attached hydrogen (secondary N) is 1. The predicted molar refractivity (Wildman–Crippen MR) is 55.9 cm³/mol. The summed E-state index contributed by atoms with van der Waals surface area (Å²) in [5.74, 6) is 4.19. The highest BCUT2D eigenvalue weighted by molar-refractivity contribution is 6.30. The average molecular weight is 246 g/mol. The van der Waals surface area contributed by atoms with E-state index >= 15 is 0 Å². The molecule has 0 aliphatic heterocycles. The Labute approximate surface area is 95.3 Å². The Morgan fingerprint density at radius 2 is 2.31 bits per heavy atom. The van der Waals surface area contributed by atoms with Gasteiger partial charge in [-0.2, -0.15) is 0 Å². The molecule has 1 rings (SSSR count). The van der Waals surface area contributed by atoms with Crippen LogP contribution in [0.15, 0.2) is 18.2 Å². The molecule has 0 aliphatic rings.